The molecule has 1 rings (SSSR count). The standard InChI is InChI=1S/C17H30N2/c1-7-15(18)12-14-11-13(3)9-10-16(14)19(6)17(4,5)8-2/h9-11,15H,7-8,12,18H2,1-6H3. The SMILES string of the molecule is CCC(N)Cc1cc(C)ccc1N(C)C(C)(C)CC. The summed E-state index contributed by atoms with van der Waals surface area (Å²) in [5, 5.41) is 0. The molecule has 0 saturated heterocycles. The van der Waals surface area contributed by atoms with Gasteiger partial charge in [-0.15, -0.1) is 0 Å². The summed E-state index contributed by atoms with van der Waals surface area (Å²) < 4.78 is 0. The molecule has 2 nitrogen and oxygen atoms in total. The van der Waals surface area contributed by atoms with Crippen LogP contribution in [0, 0.1) is 6.92 Å². The van der Waals surface area contributed by atoms with E-state index in [-0.39, 0.29) is 11.6 Å². The fourth-order valence-electron chi connectivity index (χ4n) is 2.20. The molecule has 0 aliphatic heterocycles. The first-order valence-corrected chi connectivity index (χ1v) is 7.40. The molecule has 0 amide bonds. The van der Waals surface area contributed by atoms with Crippen molar-refractivity contribution < 1.29 is 0 Å². The van der Waals surface area contributed by atoms with Gasteiger partial charge in [-0.2, -0.15) is 0 Å². The van der Waals surface area contributed by atoms with E-state index in [9.17, 15) is 0 Å². The van der Waals surface area contributed by atoms with Crippen molar-refractivity contribution >= 4 is 5.69 Å². The third-order valence-electron chi connectivity index (χ3n) is 4.38. The first-order chi connectivity index (χ1) is 8.81. The lowest BCUT2D eigenvalue weighted by molar-refractivity contribution is 0.469. The summed E-state index contributed by atoms with van der Waals surface area (Å²) in [4.78, 5) is 2.39. The third kappa shape index (κ3) is 3.97. The highest BCUT2D eigenvalue weighted by molar-refractivity contribution is 5.56. The number of rotatable bonds is 6. The smallest absolute Gasteiger partial charge is 0.0401 e. The van der Waals surface area contributed by atoms with Crippen LogP contribution in [0.4, 0.5) is 5.69 Å². The van der Waals surface area contributed by atoms with E-state index < -0.39 is 0 Å². The van der Waals surface area contributed by atoms with Crippen LogP contribution in [-0.2, 0) is 6.42 Å². The van der Waals surface area contributed by atoms with Crippen LogP contribution in [0.15, 0.2) is 18.2 Å². The number of benzene rings is 1. The third-order valence-corrected chi connectivity index (χ3v) is 4.38. The van der Waals surface area contributed by atoms with E-state index in [1.165, 1.54) is 16.8 Å². The molecule has 0 aliphatic rings. The normalized spacial score (nSPS) is 13.4. The van der Waals surface area contributed by atoms with Crippen molar-refractivity contribution in [3.8, 4) is 0 Å². The fraction of sp³-hybridized carbons (Fsp3) is 0.647. The molecule has 1 unspecified atom stereocenters. The van der Waals surface area contributed by atoms with Gasteiger partial charge < -0.3 is 10.6 Å². The summed E-state index contributed by atoms with van der Waals surface area (Å²) in [6.45, 7) is 11.1. The van der Waals surface area contributed by atoms with Crippen molar-refractivity contribution in [3.05, 3.63) is 29.3 Å². The summed E-state index contributed by atoms with van der Waals surface area (Å²) in [6, 6.07) is 6.97. The van der Waals surface area contributed by atoms with Crippen molar-refractivity contribution in [2.24, 2.45) is 5.73 Å². The average molecular weight is 262 g/mol. The Kier molecular flexibility index (Phi) is 5.42. The van der Waals surface area contributed by atoms with Gasteiger partial charge >= 0.3 is 0 Å². The molecular formula is C17H30N2. The molecule has 0 aromatic heterocycles. The second-order valence-corrected chi connectivity index (χ2v) is 6.23. The zero-order valence-corrected chi connectivity index (χ0v) is 13.5. The van der Waals surface area contributed by atoms with E-state index >= 15 is 0 Å². The molecular weight excluding hydrogens is 232 g/mol. The highest BCUT2D eigenvalue weighted by Crippen LogP contribution is 2.29. The van der Waals surface area contributed by atoms with Crippen LogP contribution in [0.1, 0.15) is 51.7 Å². The molecule has 0 spiro atoms. The van der Waals surface area contributed by atoms with Gasteiger partial charge in [0, 0.05) is 24.3 Å². The minimum atomic E-state index is 0.167. The van der Waals surface area contributed by atoms with E-state index in [2.05, 4.69) is 64.8 Å². The van der Waals surface area contributed by atoms with Crippen molar-refractivity contribution in [3.63, 3.8) is 0 Å². The van der Waals surface area contributed by atoms with Gasteiger partial charge in [0.2, 0.25) is 0 Å². The van der Waals surface area contributed by atoms with Crippen molar-refractivity contribution in [2.45, 2.75) is 65.5 Å². The molecule has 1 aromatic carbocycles. The lowest BCUT2D eigenvalue weighted by Crippen LogP contribution is -2.41. The minimum Gasteiger partial charge on any atom is -0.369 e. The molecule has 0 fully saturated rings. The van der Waals surface area contributed by atoms with E-state index in [0.717, 1.165) is 19.3 Å². The minimum absolute atomic E-state index is 0.167. The predicted molar refractivity (Wildman–Crippen MR) is 85.9 cm³/mol. The molecule has 108 valence electrons. The number of anilines is 1. The summed E-state index contributed by atoms with van der Waals surface area (Å²) >= 11 is 0. The Labute approximate surface area is 119 Å². The summed E-state index contributed by atoms with van der Waals surface area (Å²) in [6.07, 6.45) is 3.10. The zero-order valence-electron chi connectivity index (χ0n) is 13.5. The van der Waals surface area contributed by atoms with Gasteiger partial charge in [-0.1, -0.05) is 31.5 Å². The van der Waals surface area contributed by atoms with Gasteiger partial charge in [-0.05, 0) is 51.7 Å². The van der Waals surface area contributed by atoms with Gasteiger partial charge in [-0.3, -0.25) is 0 Å². The Bertz CT molecular complexity index is 410. The van der Waals surface area contributed by atoms with Crippen LogP contribution in [-0.4, -0.2) is 18.6 Å². The van der Waals surface area contributed by atoms with E-state index in [4.69, 9.17) is 5.73 Å². The first-order valence-electron chi connectivity index (χ1n) is 7.40. The molecule has 0 aliphatic carbocycles. The Morgan fingerprint density at radius 1 is 1.26 bits per heavy atom. The molecule has 2 N–H and O–H groups in total. The van der Waals surface area contributed by atoms with Crippen molar-refractivity contribution in [1.82, 2.24) is 0 Å². The molecule has 0 radical (unpaired) electrons. The topological polar surface area (TPSA) is 29.3 Å². The monoisotopic (exact) mass is 262 g/mol. The van der Waals surface area contributed by atoms with E-state index in [1.54, 1.807) is 0 Å². The highest BCUT2D eigenvalue weighted by Gasteiger charge is 2.23. The highest BCUT2D eigenvalue weighted by atomic mass is 15.2. The maximum absolute atomic E-state index is 6.15. The molecule has 1 atom stereocenters. The lowest BCUT2D eigenvalue weighted by atomic mass is 9.95. The van der Waals surface area contributed by atoms with Crippen LogP contribution in [0.2, 0.25) is 0 Å². The quantitative estimate of drug-likeness (QED) is 0.842. The van der Waals surface area contributed by atoms with Gasteiger partial charge in [-0.25, -0.2) is 0 Å². The number of hydrogen-bond donors (Lipinski definition) is 1. The Hall–Kier alpha value is -1.02. The summed E-state index contributed by atoms with van der Waals surface area (Å²) in [7, 11) is 2.19. The molecule has 1 aromatic rings. The van der Waals surface area contributed by atoms with Crippen LogP contribution < -0.4 is 10.6 Å². The van der Waals surface area contributed by atoms with Gasteiger partial charge in [0.15, 0.2) is 0 Å². The molecule has 0 heterocycles. The van der Waals surface area contributed by atoms with Gasteiger partial charge in [0.05, 0.1) is 0 Å². The van der Waals surface area contributed by atoms with Gasteiger partial charge in [0.25, 0.3) is 0 Å². The summed E-state index contributed by atoms with van der Waals surface area (Å²) in [5.41, 5.74) is 10.3. The van der Waals surface area contributed by atoms with Crippen molar-refractivity contribution in [2.75, 3.05) is 11.9 Å². The van der Waals surface area contributed by atoms with Crippen LogP contribution in [0.25, 0.3) is 0 Å². The second-order valence-electron chi connectivity index (χ2n) is 6.23. The maximum Gasteiger partial charge on any atom is 0.0401 e. The Morgan fingerprint density at radius 2 is 1.89 bits per heavy atom. The fourth-order valence-corrected chi connectivity index (χ4v) is 2.20. The van der Waals surface area contributed by atoms with E-state index in [0.29, 0.717) is 0 Å². The Morgan fingerprint density at radius 3 is 2.42 bits per heavy atom. The Balaban J connectivity index is 3.12. The molecule has 2 heteroatoms. The predicted octanol–water partition coefficient (Wildman–Crippen LogP) is 3.90. The molecule has 0 saturated carbocycles. The second kappa shape index (κ2) is 6.42. The molecule has 19 heavy (non-hydrogen) atoms. The maximum atomic E-state index is 6.15. The lowest BCUT2D eigenvalue weighted by Gasteiger charge is -2.38. The first kappa shape index (κ1) is 16.0. The number of hydrogen-bond acceptors (Lipinski definition) is 2. The van der Waals surface area contributed by atoms with E-state index in [1.807, 2.05) is 0 Å². The largest absolute Gasteiger partial charge is 0.369 e. The number of nitrogens with zero attached hydrogens (tertiary/aromatic N) is 1. The van der Waals surface area contributed by atoms with Crippen molar-refractivity contribution in [1.29, 1.82) is 0 Å². The van der Waals surface area contributed by atoms with Crippen LogP contribution in [0.5, 0.6) is 0 Å². The number of nitrogens with two attached hydrogens (primary N) is 1. The van der Waals surface area contributed by atoms with Crippen LogP contribution in [0.3, 0.4) is 0 Å². The average Bonchev–Trinajstić information content (AvgIpc) is 2.38. The zero-order chi connectivity index (χ0) is 14.6. The van der Waals surface area contributed by atoms with Gasteiger partial charge in [0.1, 0.15) is 0 Å². The number of aryl methyl sites for hydroxylation is 1. The van der Waals surface area contributed by atoms with Crippen LogP contribution >= 0.6 is 0 Å². The summed E-state index contributed by atoms with van der Waals surface area (Å²) in [5.74, 6) is 0. The molecule has 0 bridgehead atoms.